The van der Waals surface area contributed by atoms with Gasteiger partial charge in [0.1, 0.15) is 6.10 Å². The van der Waals surface area contributed by atoms with Crippen LogP contribution < -0.4 is 4.74 Å². The largest absolute Gasteiger partial charge is 0.473 e. The summed E-state index contributed by atoms with van der Waals surface area (Å²) in [6, 6.07) is 0. The van der Waals surface area contributed by atoms with Crippen LogP contribution >= 0.6 is 0 Å². The van der Waals surface area contributed by atoms with Crippen LogP contribution in [0.4, 0.5) is 0 Å². The van der Waals surface area contributed by atoms with Crippen molar-refractivity contribution in [1.82, 2.24) is 14.3 Å². The lowest BCUT2D eigenvalue weighted by Crippen LogP contribution is -2.67. The predicted octanol–water partition coefficient (Wildman–Crippen LogP) is 0.438. The van der Waals surface area contributed by atoms with E-state index in [1.807, 2.05) is 0 Å². The Hall–Kier alpha value is -1.25. The summed E-state index contributed by atoms with van der Waals surface area (Å²) in [5.41, 5.74) is -0.395. The Bertz CT molecular complexity index is 587. The minimum Gasteiger partial charge on any atom is -0.473 e. The van der Waals surface area contributed by atoms with Crippen molar-refractivity contribution in [3.8, 4) is 5.88 Å². The van der Waals surface area contributed by atoms with Crippen LogP contribution in [0.5, 0.6) is 5.88 Å². The van der Waals surface area contributed by atoms with Gasteiger partial charge < -0.3 is 9.47 Å². The Morgan fingerprint density at radius 1 is 1.48 bits per heavy atom. The normalized spacial score (nSPS) is 25.5. The predicted molar refractivity (Wildman–Crippen MR) is 75.4 cm³/mol. The highest BCUT2D eigenvalue weighted by molar-refractivity contribution is 7.89. The molecule has 1 aromatic heterocycles. The summed E-state index contributed by atoms with van der Waals surface area (Å²) in [7, 11) is -3.12. The van der Waals surface area contributed by atoms with E-state index in [2.05, 4.69) is 9.97 Å². The Balaban J connectivity index is 1.60. The van der Waals surface area contributed by atoms with Gasteiger partial charge in [0.05, 0.1) is 24.2 Å². The van der Waals surface area contributed by atoms with Crippen LogP contribution in [-0.4, -0.2) is 59.8 Å². The standard InChI is InChI=1S/C13H19N3O4S/c1-2-21(17,18)16-9-13(10-16)7-11(3-6-19-13)20-12-8-14-4-5-15-12/h4-5,8,11H,2-3,6-7,9-10H2,1H3. The molecule has 2 fully saturated rings. The van der Waals surface area contributed by atoms with Gasteiger partial charge in [-0.3, -0.25) is 4.98 Å². The zero-order valence-electron chi connectivity index (χ0n) is 11.9. The molecule has 0 N–H and O–H groups in total. The molecule has 3 rings (SSSR count). The van der Waals surface area contributed by atoms with Gasteiger partial charge in [-0.15, -0.1) is 0 Å². The number of hydrogen-bond donors (Lipinski definition) is 0. The molecule has 2 aliphatic heterocycles. The number of aromatic nitrogens is 2. The number of rotatable bonds is 4. The third kappa shape index (κ3) is 3.02. The van der Waals surface area contributed by atoms with Crippen LogP contribution in [0.1, 0.15) is 19.8 Å². The van der Waals surface area contributed by atoms with Gasteiger partial charge in [-0.25, -0.2) is 13.4 Å². The van der Waals surface area contributed by atoms with E-state index in [9.17, 15) is 8.42 Å². The molecule has 0 bridgehead atoms. The molecule has 0 radical (unpaired) electrons. The summed E-state index contributed by atoms with van der Waals surface area (Å²) in [5, 5.41) is 0. The lowest BCUT2D eigenvalue weighted by molar-refractivity contribution is -0.165. The van der Waals surface area contributed by atoms with Gasteiger partial charge in [-0.1, -0.05) is 0 Å². The maximum atomic E-state index is 11.8. The van der Waals surface area contributed by atoms with Crippen molar-refractivity contribution in [3.63, 3.8) is 0 Å². The van der Waals surface area contributed by atoms with E-state index in [0.717, 1.165) is 6.42 Å². The highest BCUT2D eigenvalue weighted by Crippen LogP contribution is 2.36. The van der Waals surface area contributed by atoms with Crippen LogP contribution in [0.2, 0.25) is 0 Å². The zero-order valence-corrected chi connectivity index (χ0v) is 12.8. The van der Waals surface area contributed by atoms with Gasteiger partial charge >= 0.3 is 0 Å². The fourth-order valence-corrected chi connectivity index (χ4v) is 4.03. The van der Waals surface area contributed by atoms with E-state index < -0.39 is 15.6 Å². The van der Waals surface area contributed by atoms with E-state index in [-0.39, 0.29) is 11.9 Å². The molecule has 0 aromatic carbocycles. The Morgan fingerprint density at radius 2 is 2.29 bits per heavy atom. The third-order valence-corrected chi connectivity index (χ3v) is 5.74. The molecule has 1 unspecified atom stereocenters. The van der Waals surface area contributed by atoms with Crippen molar-refractivity contribution < 1.29 is 17.9 Å². The molecular formula is C13H19N3O4S. The molecule has 0 amide bonds. The van der Waals surface area contributed by atoms with Crippen molar-refractivity contribution in [2.24, 2.45) is 0 Å². The lowest BCUT2D eigenvalue weighted by atomic mass is 9.86. The summed E-state index contributed by atoms with van der Waals surface area (Å²) < 4.78 is 36.7. The number of hydrogen-bond acceptors (Lipinski definition) is 6. The monoisotopic (exact) mass is 313 g/mol. The highest BCUT2D eigenvalue weighted by Gasteiger charge is 2.51. The molecule has 8 heteroatoms. The van der Waals surface area contributed by atoms with E-state index in [4.69, 9.17) is 9.47 Å². The average Bonchev–Trinajstić information content (AvgIpc) is 2.46. The fourth-order valence-electron chi connectivity index (χ4n) is 2.80. The summed E-state index contributed by atoms with van der Waals surface area (Å²) in [5.74, 6) is 0.625. The van der Waals surface area contributed by atoms with Gasteiger partial charge in [0.25, 0.3) is 0 Å². The van der Waals surface area contributed by atoms with Crippen LogP contribution in [0.25, 0.3) is 0 Å². The van der Waals surface area contributed by atoms with Crippen LogP contribution in [-0.2, 0) is 14.8 Å². The van der Waals surface area contributed by atoms with Gasteiger partial charge in [0.15, 0.2) is 0 Å². The summed E-state index contributed by atoms with van der Waals surface area (Å²) in [6.07, 6.45) is 6.21. The second-order valence-corrected chi connectivity index (χ2v) is 7.73. The summed E-state index contributed by atoms with van der Waals surface area (Å²) in [4.78, 5) is 8.07. The van der Waals surface area contributed by atoms with E-state index >= 15 is 0 Å². The van der Waals surface area contributed by atoms with Crippen molar-refractivity contribution in [3.05, 3.63) is 18.6 Å². The van der Waals surface area contributed by atoms with E-state index in [1.54, 1.807) is 25.5 Å². The average molecular weight is 313 g/mol. The molecule has 21 heavy (non-hydrogen) atoms. The molecule has 1 spiro atoms. The number of sulfonamides is 1. The summed E-state index contributed by atoms with van der Waals surface area (Å²) >= 11 is 0. The first kappa shape index (κ1) is 14.7. The minimum atomic E-state index is -3.12. The van der Waals surface area contributed by atoms with Crippen molar-refractivity contribution >= 4 is 10.0 Å². The van der Waals surface area contributed by atoms with E-state index in [0.29, 0.717) is 32.0 Å². The molecule has 3 heterocycles. The van der Waals surface area contributed by atoms with Gasteiger partial charge in [-0.05, 0) is 6.92 Å². The molecule has 7 nitrogen and oxygen atoms in total. The van der Waals surface area contributed by atoms with Crippen molar-refractivity contribution in [2.75, 3.05) is 25.4 Å². The maximum absolute atomic E-state index is 11.8. The molecule has 116 valence electrons. The second kappa shape index (κ2) is 5.51. The number of nitrogens with zero attached hydrogens (tertiary/aromatic N) is 3. The zero-order chi connectivity index (χ0) is 14.9. The smallest absolute Gasteiger partial charge is 0.232 e. The van der Waals surface area contributed by atoms with Gasteiger partial charge in [0.2, 0.25) is 15.9 Å². The minimum absolute atomic E-state index is 0.0121. The molecular weight excluding hydrogens is 294 g/mol. The molecule has 2 saturated heterocycles. The molecule has 2 aliphatic rings. The summed E-state index contributed by atoms with van der Waals surface area (Å²) in [6.45, 7) is 3.07. The highest BCUT2D eigenvalue weighted by atomic mass is 32.2. The topological polar surface area (TPSA) is 81.6 Å². The first-order chi connectivity index (χ1) is 10.0. The van der Waals surface area contributed by atoms with Crippen LogP contribution in [0.3, 0.4) is 0 Å². The molecule has 0 saturated carbocycles. The molecule has 0 aliphatic carbocycles. The Kier molecular flexibility index (Phi) is 3.85. The Morgan fingerprint density at radius 3 is 2.95 bits per heavy atom. The molecule has 1 aromatic rings. The van der Waals surface area contributed by atoms with E-state index in [1.165, 1.54) is 4.31 Å². The third-order valence-electron chi connectivity index (χ3n) is 3.96. The van der Waals surface area contributed by atoms with Crippen LogP contribution in [0, 0.1) is 0 Å². The van der Waals surface area contributed by atoms with Crippen molar-refractivity contribution in [1.29, 1.82) is 0 Å². The maximum Gasteiger partial charge on any atom is 0.232 e. The lowest BCUT2D eigenvalue weighted by Gasteiger charge is -2.51. The first-order valence-electron chi connectivity index (χ1n) is 7.07. The first-order valence-corrected chi connectivity index (χ1v) is 8.68. The Labute approximate surface area is 124 Å². The fraction of sp³-hybridized carbons (Fsp3) is 0.692. The second-order valence-electron chi connectivity index (χ2n) is 5.48. The molecule has 1 atom stereocenters. The van der Waals surface area contributed by atoms with Crippen LogP contribution in [0.15, 0.2) is 18.6 Å². The quantitative estimate of drug-likeness (QED) is 0.802. The van der Waals surface area contributed by atoms with Gasteiger partial charge in [-0.2, -0.15) is 4.31 Å². The van der Waals surface area contributed by atoms with Crippen molar-refractivity contribution in [2.45, 2.75) is 31.5 Å². The number of ether oxygens (including phenoxy) is 2. The van der Waals surface area contributed by atoms with Gasteiger partial charge in [0, 0.05) is 38.3 Å². The SMILES string of the molecule is CCS(=O)(=O)N1CC2(CC(Oc3cnccn3)CCO2)C1.